The zero-order valence-electron chi connectivity index (χ0n) is 19.3. The molecular formula is C28H23ClFN3O2. The fourth-order valence-corrected chi connectivity index (χ4v) is 4.73. The van der Waals surface area contributed by atoms with E-state index in [1.165, 1.54) is 11.1 Å². The van der Waals surface area contributed by atoms with Crippen LogP contribution in [0.2, 0.25) is 5.02 Å². The molecule has 0 saturated heterocycles. The van der Waals surface area contributed by atoms with Crippen molar-refractivity contribution in [1.29, 1.82) is 0 Å². The summed E-state index contributed by atoms with van der Waals surface area (Å²) in [5.41, 5.74) is 2.95. The number of halogens is 2. The van der Waals surface area contributed by atoms with Crippen molar-refractivity contribution >= 4 is 34.1 Å². The number of benzene rings is 3. The van der Waals surface area contributed by atoms with Crippen LogP contribution in [-0.4, -0.2) is 21.6 Å². The third-order valence-electron chi connectivity index (χ3n) is 6.22. The number of hydrogen-bond donors (Lipinski definition) is 1. The topological polar surface area (TPSA) is 65.5 Å². The van der Waals surface area contributed by atoms with Crippen LogP contribution in [-0.2, 0) is 4.79 Å². The van der Waals surface area contributed by atoms with Crippen LogP contribution in [0.15, 0.2) is 82.7 Å². The van der Waals surface area contributed by atoms with E-state index in [9.17, 15) is 14.0 Å². The zero-order chi connectivity index (χ0) is 24.7. The van der Waals surface area contributed by atoms with Gasteiger partial charge in [0.15, 0.2) is 0 Å². The number of hydrogen-bond acceptors (Lipinski definition) is 3. The lowest BCUT2D eigenvalue weighted by Gasteiger charge is -2.23. The average Bonchev–Trinajstić information content (AvgIpc) is 3.28. The van der Waals surface area contributed by atoms with Crippen LogP contribution >= 0.6 is 11.6 Å². The Morgan fingerprint density at radius 3 is 2.49 bits per heavy atom. The molecule has 176 valence electrons. The highest BCUT2D eigenvalue weighted by Crippen LogP contribution is 2.38. The summed E-state index contributed by atoms with van der Waals surface area (Å²) < 4.78 is 14.8. The molecule has 4 aromatic rings. The summed E-state index contributed by atoms with van der Waals surface area (Å²) >= 11 is 6.33. The Balaban J connectivity index is 1.76. The lowest BCUT2D eigenvalue weighted by molar-refractivity contribution is -0.136. The molecule has 1 amide bonds. The number of hydrazone groups is 1. The molecule has 0 saturated carbocycles. The van der Waals surface area contributed by atoms with Gasteiger partial charge in [-0.2, -0.15) is 5.10 Å². The second-order valence-corrected chi connectivity index (χ2v) is 9.32. The molecule has 0 fully saturated rings. The Morgan fingerprint density at radius 1 is 1.06 bits per heavy atom. The lowest BCUT2D eigenvalue weighted by atomic mass is 9.91. The molecule has 3 aromatic carbocycles. The van der Waals surface area contributed by atoms with Crippen molar-refractivity contribution in [3.05, 3.63) is 105 Å². The molecule has 1 atom stereocenters. The molecule has 0 radical (unpaired) electrons. The van der Waals surface area contributed by atoms with Gasteiger partial charge in [-0.3, -0.25) is 9.59 Å². The van der Waals surface area contributed by atoms with Gasteiger partial charge in [-0.1, -0.05) is 74.0 Å². The van der Waals surface area contributed by atoms with Crippen LogP contribution in [0.1, 0.15) is 37.4 Å². The third kappa shape index (κ3) is 4.15. The maximum absolute atomic E-state index is 14.8. The Hall–Kier alpha value is -3.77. The monoisotopic (exact) mass is 487 g/mol. The summed E-state index contributed by atoms with van der Waals surface area (Å²) in [5.74, 6) is -1.01. The first-order valence-electron chi connectivity index (χ1n) is 11.4. The number of fused-ring (bicyclic) bond motifs is 1. The molecule has 5 rings (SSSR count). The van der Waals surface area contributed by atoms with E-state index in [0.717, 1.165) is 10.9 Å². The fraction of sp³-hybridized carbons (Fsp3) is 0.179. The van der Waals surface area contributed by atoms with Gasteiger partial charge in [0.2, 0.25) is 5.91 Å². The van der Waals surface area contributed by atoms with Crippen molar-refractivity contribution in [1.82, 2.24) is 9.99 Å². The molecule has 2 heterocycles. The molecule has 35 heavy (non-hydrogen) atoms. The van der Waals surface area contributed by atoms with Crippen molar-refractivity contribution < 1.29 is 9.18 Å². The average molecular weight is 488 g/mol. The molecule has 1 aliphatic rings. The predicted molar refractivity (Wildman–Crippen MR) is 137 cm³/mol. The molecule has 7 heteroatoms. The summed E-state index contributed by atoms with van der Waals surface area (Å²) in [4.78, 5) is 29.5. The molecule has 1 aromatic heterocycles. The van der Waals surface area contributed by atoms with E-state index in [1.807, 2.05) is 30.3 Å². The minimum atomic E-state index is -0.654. The molecule has 1 aliphatic heterocycles. The quantitative estimate of drug-likeness (QED) is 0.366. The second kappa shape index (κ2) is 9.12. The van der Waals surface area contributed by atoms with E-state index < -0.39 is 11.9 Å². The number of rotatable bonds is 4. The highest BCUT2D eigenvalue weighted by Gasteiger charge is 2.37. The number of carbonyl (C=O) groups is 1. The Labute approximate surface area is 206 Å². The lowest BCUT2D eigenvalue weighted by Crippen LogP contribution is -2.31. The van der Waals surface area contributed by atoms with E-state index >= 15 is 0 Å². The molecule has 0 aliphatic carbocycles. The van der Waals surface area contributed by atoms with E-state index in [4.69, 9.17) is 11.6 Å². The normalized spacial score (nSPS) is 15.6. The summed E-state index contributed by atoms with van der Waals surface area (Å²) in [6, 6.07) is 20.5. The van der Waals surface area contributed by atoms with E-state index in [2.05, 4.69) is 10.1 Å². The highest BCUT2D eigenvalue weighted by atomic mass is 35.5. The Bertz CT molecular complexity index is 1530. The highest BCUT2D eigenvalue weighted by molar-refractivity contribution is 6.31. The van der Waals surface area contributed by atoms with E-state index in [1.54, 1.807) is 50.2 Å². The predicted octanol–water partition coefficient (Wildman–Crippen LogP) is 6.32. The summed E-state index contributed by atoms with van der Waals surface area (Å²) in [6.45, 7) is 3.54. The van der Waals surface area contributed by atoms with Gasteiger partial charge in [-0.15, -0.1) is 0 Å². The first-order valence-corrected chi connectivity index (χ1v) is 11.8. The van der Waals surface area contributed by atoms with Gasteiger partial charge >= 0.3 is 0 Å². The minimum absolute atomic E-state index is 0.203. The van der Waals surface area contributed by atoms with E-state index in [0.29, 0.717) is 32.9 Å². The number of aromatic amines is 1. The van der Waals surface area contributed by atoms with Crippen LogP contribution in [0.4, 0.5) is 4.39 Å². The van der Waals surface area contributed by atoms with Gasteiger partial charge in [0.05, 0.1) is 17.3 Å². The first kappa shape index (κ1) is 23.0. The SMILES string of the molecule is CC(C)C(=O)N1N=C(c2c(-c3ccccc3)c3cc(Cl)ccc3[nH]c2=O)C[C@@H]1c1ccccc1F. The molecule has 0 spiro atoms. The van der Waals surface area contributed by atoms with Crippen molar-refractivity contribution in [2.45, 2.75) is 26.3 Å². The van der Waals surface area contributed by atoms with Crippen LogP contribution in [0.5, 0.6) is 0 Å². The molecule has 0 bridgehead atoms. The summed E-state index contributed by atoms with van der Waals surface area (Å²) in [5, 5.41) is 7.25. The van der Waals surface area contributed by atoms with Crippen molar-refractivity contribution in [2.24, 2.45) is 11.0 Å². The molecule has 5 nitrogen and oxygen atoms in total. The Morgan fingerprint density at radius 2 is 1.77 bits per heavy atom. The van der Waals surface area contributed by atoms with Crippen molar-refractivity contribution in [3.63, 3.8) is 0 Å². The van der Waals surface area contributed by atoms with Crippen LogP contribution in [0.3, 0.4) is 0 Å². The Kier molecular flexibility index (Phi) is 5.99. The second-order valence-electron chi connectivity index (χ2n) is 8.89. The number of pyridine rings is 1. The molecule has 1 N–H and O–H groups in total. The number of nitrogens with one attached hydrogen (secondary N) is 1. The van der Waals surface area contributed by atoms with Gasteiger partial charge < -0.3 is 4.98 Å². The number of nitrogens with zero attached hydrogens (tertiary/aromatic N) is 2. The molecular weight excluding hydrogens is 465 g/mol. The van der Waals surface area contributed by atoms with Crippen LogP contribution in [0, 0.1) is 11.7 Å². The number of carbonyl (C=O) groups excluding carboxylic acids is 1. The maximum Gasteiger partial charge on any atom is 0.258 e. The van der Waals surface area contributed by atoms with Crippen LogP contribution in [0.25, 0.3) is 22.0 Å². The number of aromatic nitrogens is 1. The number of H-pyrrole nitrogens is 1. The fourth-order valence-electron chi connectivity index (χ4n) is 4.56. The largest absolute Gasteiger partial charge is 0.321 e. The standard InChI is InChI=1S/C28H23ClFN3O2/c1-16(2)28(35)33-24(19-10-6-7-11-21(19)30)15-23(32-33)26-25(17-8-4-3-5-9-17)20-14-18(29)12-13-22(20)31-27(26)34/h3-14,16,24H,15H2,1-2H3,(H,31,34)/t24-/m1/s1. The van der Waals surface area contributed by atoms with Crippen molar-refractivity contribution in [3.8, 4) is 11.1 Å². The van der Waals surface area contributed by atoms with Crippen molar-refractivity contribution in [2.75, 3.05) is 0 Å². The number of amides is 1. The first-order chi connectivity index (χ1) is 16.8. The third-order valence-corrected chi connectivity index (χ3v) is 6.46. The minimum Gasteiger partial charge on any atom is -0.321 e. The summed E-state index contributed by atoms with van der Waals surface area (Å²) in [6.07, 6.45) is 0.203. The zero-order valence-corrected chi connectivity index (χ0v) is 20.0. The summed E-state index contributed by atoms with van der Waals surface area (Å²) in [7, 11) is 0. The van der Waals surface area contributed by atoms with Crippen LogP contribution < -0.4 is 5.56 Å². The van der Waals surface area contributed by atoms with Gasteiger partial charge in [-0.25, -0.2) is 9.40 Å². The maximum atomic E-state index is 14.8. The van der Waals surface area contributed by atoms with Gasteiger partial charge in [-0.05, 0) is 29.8 Å². The van der Waals surface area contributed by atoms with E-state index in [-0.39, 0.29) is 23.8 Å². The van der Waals surface area contributed by atoms with Gasteiger partial charge in [0.1, 0.15) is 5.82 Å². The van der Waals surface area contributed by atoms with Gasteiger partial charge in [0, 0.05) is 39.4 Å². The van der Waals surface area contributed by atoms with Gasteiger partial charge in [0.25, 0.3) is 5.56 Å². The smallest absolute Gasteiger partial charge is 0.258 e. The molecule has 0 unspecified atom stereocenters.